The molecule has 3 atom stereocenters. The second-order valence-electron chi connectivity index (χ2n) is 12.6. The van der Waals surface area contributed by atoms with E-state index in [2.05, 4.69) is 10.6 Å². The quantitative estimate of drug-likeness (QED) is 0.256. The highest BCUT2D eigenvalue weighted by Gasteiger charge is 2.52. The van der Waals surface area contributed by atoms with Gasteiger partial charge in [-0.2, -0.15) is 26.3 Å². The van der Waals surface area contributed by atoms with Crippen molar-refractivity contribution in [2.45, 2.75) is 57.5 Å². The Morgan fingerprint density at radius 1 is 0.788 bits per heavy atom. The van der Waals surface area contributed by atoms with Crippen LogP contribution in [0.15, 0.2) is 78.9 Å². The lowest BCUT2D eigenvalue weighted by Gasteiger charge is -2.53. The van der Waals surface area contributed by atoms with Crippen molar-refractivity contribution in [2.75, 3.05) is 26.2 Å². The van der Waals surface area contributed by atoms with Gasteiger partial charge in [-0.25, -0.2) is 9.59 Å². The third kappa shape index (κ3) is 9.14. The van der Waals surface area contributed by atoms with Crippen LogP contribution in [0.5, 0.6) is 0 Å². The number of nitrogens with zero attached hydrogens (tertiary/aromatic N) is 3. The molecule has 5 rings (SSSR count). The number of halogens is 6. The van der Waals surface area contributed by atoms with Gasteiger partial charge in [0.05, 0.1) is 23.6 Å². The van der Waals surface area contributed by atoms with Crippen LogP contribution in [-0.2, 0) is 46.3 Å². The molecule has 2 aliphatic rings. The van der Waals surface area contributed by atoms with Crippen LogP contribution in [0, 0.1) is 5.92 Å². The molecule has 0 radical (unpaired) electrons. The number of urea groups is 1. The van der Waals surface area contributed by atoms with Gasteiger partial charge in [0.25, 0.3) is 0 Å². The van der Waals surface area contributed by atoms with Crippen molar-refractivity contribution in [3.05, 3.63) is 107 Å². The molecule has 2 heterocycles. The van der Waals surface area contributed by atoms with Crippen molar-refractivity contribution in [3.8, 4) is 0 Å². The monoisotopic (exact) mass is 733 g/mol. The van der Waals surface area contributed by atoms with E-state index in [0.29, 0.717) is 25.1 Å². The Hall–Kier alpha value is -5.28. The summed E-state index contributed by atoms with van der Waals surface area (Å²) in [5.41, 5.74) is -2.21. The zero-order chi connectivity index (χ0) is 37.6. The summed E-state index contributed by atoms with van der Waals surface area (Å²) in [6.45, 7) is 0.616. The third-order valence-electron chi connectivity index (χ3n) is 8.79. The minimum Gasteiger partial charge on any atom is -0.444 e. The second kappa shape index (κ2) is 15.9. The predicted molar refractivity (Wildman–Crippen MR) is 175 cm³/mol. The smallest absolute Gasteiger partial charge is 0.416 e. The lowest BCUT2D eigenvalue weighted by molar-refractivity contribution is -0.172. The predicted octanol–water partition coefficient (Wildman–Crippen LogP) is 5.81. The summed E-state index contributed by atoms with van der Waals surface area (Å²) >= 11 is 0. The number of hydrogen-bond donors (Lipinski definition) is 2. The largest absolute Gasteiger partial charge is 0.444 e. The van der Waals surface area contributed by atoms with Crippen molar-refractivity contribution in [3.63, 3.8) is 0 Å². The first-order valence-electron chi connectivity index (χ1n) is 16.6. The third-order valence-corrected chi connectivity index (χ3v) is 8.79. The minimum absolute atomic E-state index is 0.0231. The summed E-state index contributed by atoms with van der Waals surface area (Å²) in [5.74, 6) is -1.89. The second-order valence-corrected chi connectivity index (χ2v) is 12.6. The van der Waals surface area contributed by atoms with Gasteiger partial charge in [-0.05, 0) is 47.7 Å². The van der Waals surface area contributed by atoms with Gasteiger partial charge in [0.2, 0.25) is 11.8 Å². The number of carbonyl (C=O) groups is 4. The molecular weight excluding hydrogens is 696 g/mol. The van der Waals surface area contributed by atoms with Crippen LogP contribution in [0.3, 0.4) is 0 Å². The van der Waals surface area contributed by atoms with Gasteiger partial charge in [0, 0.05) is 26.2 Å². The number of carbonyl (C=O) groups excluding carboxylic acids is 4. The molecule has 0 unspecified atom stereocenters. The fraction of sp³-hybridized carbons (Fsp3) is 0.389. The summed E-state index contributed by atoms with van der Waals surface area (Å²) < 4.78 is 86.5. The molecule has 2 aliphatic heterocycles. The Morgan fingerprint density at radius 3 is 1.96 bits per heavy atom. The first-order chi connectivity index (χ1) is 24.7. The summed E-state index contributed by atoms with van der Waals surface area (Å²) in [6, 6.07) is 16.8. The standard InChI is InChI=1S/C36H37F6N5O5/c1-2-13-43-33(50)44-18-29-32(49)45(19-24-11-7-4-8-12-24)21-30-46(20-26(31(48)47(29)30)14-23-9-5-3-6-10-23)34(51)52-22-25-15-27(35(37,38)39)17-28(16-25)36(40,41)42/h3-12,15-17,26,29-30H,2,13-14,18-22H2,1H3,(H2,43,44,50)/t26-,29-,30+/m0/s1. The topological polar surface area (TPSA) is 111 Å². The molecule has 5 amide bonds. The normalized spacial score (nSPS) is 19.3. The van der Waals surface area contributed by atoms with Crippen molar-refractivity contribution < 1.29 is 50.3 Å². The Bertz CT molecular complexity index is 1710. The van der Waals surface area contributed by atoms with Gasteiger partial charge >= 0.3 is 24.5 Å². The molecule has 10 nitrogen and oxygen atoms in total. The van der Waals surface area contributed by atoms with E-state index in [4.69, 9.17) is 4.74 Å². The zero-order valence-corrected chi connectivity index (χ0v) is 28.0. The Morgan fingerprint density at radius 2 is 1.38 bits per heavy atom. The molecule has 52 heavy (non-hydrogen) atoms. The maximum Gasteiger partial charge on any atom is 0.416 e. The molecule has 0 bridgehead atoms. The summed E-state index contributed by atoms with van der Waals surface area (Å²) in [4.78, 5) is 58.6. The first kappa shape index (κ1) is 38.0. The number of rotatable bonds is 10. The van der Waals surface area contributed by atoms with E-state index in [9.17, 15) is 45.5 Å². The highest BCUT2D eigenvalue weighted by Crippen LogP contribution is 2.37. The number of nitrogens with one attached hydrogen (secondary N) is 2. The van der Waals surface area contributed by atoms with E-state index in [-0.39, 0.29) is 38.7 Å². The summed E-state index contributed by atoms with van der Waals surface area (Å²) in [6.07, 6.45) is -11.7. The highest BCUT2D eigenvalue weighted by atomic mass is 19.4. The van der Waals surface area contributed by atoms with Crippen LogP contribution in [0.25, 0.3) is 0 Å². The molecule has 16 heteroatoms. The fourth-order valence-electron chi connectivity index (χ4n) is 6.31. The lowest BCUT2D eigenvalue weighted by atomic mass is 9.91. The molecule has 2 fully saturated rings. The maximum absolute atomic E-state index is 14.2. The molecule has 3 aromatic rings. The Labute approximate surface area is 295 Å². The average Bonchev–Trinajstić information content (AvgIpc) is 3.11. The molecule has 0 saturated carbocycles. The van der Waals surface area contributed by atoms with Crippen LogP contribution in [-0.4, -0.2) is 77.0 Å². The Balaban J connectivity index is 1.48. The van der Waals surface area contributed by atoms with Crippen molar-refractivity contribution in [1.82, 2.24) is 25.3 Å². The maximum atomic E-state index is 14.2. The van der Waals surface area contributed by atoms with E-state index in [1.54, 1.807) is 60.7 Å². The number of benzene rings is 3. The van der Waals surface area contributed by atoms with Crippen LogP contribution >= 0.6 is 0 Å². The molecule has 2 N–H and O–H groups in total. The first-order valence-corrected chi connectivity index (χ1v) is 16.6. The van der Waals surface area contributed by atoms with Gasteiger partial charge in [-0.1, -0.05) is 67.6 Å². The zero-order valence-electron chi connectivity index (χ0n) is 28.0. The van der Waals surface area contributed by atoms with Gasteiger partial charge in [-0.3, -0.25) is 14.5 Å². The van der Waals surface area contributed by atoms with Crippen LogP contribution in [0.2, 0.25) is 0 Å². The minimum atomic E-state index is -5.11. The fourth-order valence-corrected chi connectivity index (χ4v) is 6.31. The van der Waals surface area contributed by atoms with Crippen LogP contribution in [0.1, 0.15) is 41.2 Å². The van der Waals surface area contributed by atoms with Crippen molar-refractivity contribution in [2.24, 2.45) is 5.92 Å². The molecular formula is C36H37F6N5O5. The summed E-state index contributed by atoms with van der Waals surface area (Å²) in [5, 5.41) is 5.28. The van der Waals surface area contributed by atoms with Gasteiger partial charge in [0.1, 0.15) is 18.8 Å². The van der Waals surface area contributed by atoms with Crippen LogP contribution in [0.4, 0.5) is 35.9 Å². The number of alkyl halides is 6. The number of hydrogen-bond acceptors (Lipinski definition) is 5. The van der Waals surface area contributed by atoms with Gasteiger partial charge in [0.15, 0.2) is 0 Å². The van der Waals surface area contributed by atoms with E-state index < -0.39 is 77.7 Å². The number of fused-ring (bicyclic) bond motifs is 1. The van der Waals surface area contributed by atoms with Crippen molar-refractivity contribution in [1.29, 1.82) is 0 Å². The summed E-state index contributed by atoms with van der Waals surface area (Å²) in [7, 11) is 0. The van der Waals surface area contributed by atoms with E-state index >= 15 is 0 Å². The van der Waals surface area contributed by atoms with E-state index in [1.165, 1.54) is 14.7 Å². The molecule has 0 aromatic heterocycles. The van der Waals surface area contributed by atoms with Gasteiger partial charge in [-0.15, -0.1) is 0 Å². The van der Waals surface area contributed by atoms with E-state index in [1.807, 2.05) is 6.92 Å². The SMILES string of the molecule is CCCNC(=O)NC[C@H]1C(=O)N(Cc2ccccc2)C[C@@H]2N(C(=O)OCc3cc(C(F)(F)F)cc(C(F)(F)F)c3)C[C@H](Cc3ccccc3)C(=O)N21. The highest BCUT2D eigenvalue weighted by molar-refractivity contribution is 5.92. The number of piperazine rings is 1. The molecule has 0 aliphatic carbocycles. The average molecular weight is 734 g/mol. The molecule has 278 valence electrons. The molecule has 3 aromatic carbocycles. The Kier molecular flexibility index (Phi) is 11.6. The van der Waals surface area contributed by atoms with E-state index in [0.717, 1.165) is 11.1 Å². The lowest BCUT2D eigenvalue weighted by Crippen LogP contribution is -2.74. The number of amides is 5. The van der Waals surface area contributed by atoms with Crippen molar-refractivity contribution >= 4 is 23.9 Å². The molecule has 0 spiro atoms. The number of ether oxygens (including phenoxy) is 1. The van der Waals surface area contributed by atoms with Gasteiger partial charge < -0.3 is 25.2 Å². The van der Waals surface area contributed by atoms with Crippen LogP contribution < -0.4 is 10.6 Å². The molecule has 2 saturated heterocycles.